The molecule has 1 fully saturated rings. The first-order valence-electron chi connectivity index (χ1n) is 10.5. The van der Waals surface area contributed by atoms with Crippen molar-refractivity contribution < 1.29 is 4.79 Å². The van der Waals surface area contributed by atoms with Crippen molar-refractivity contribution in [1.82, 2.24) is 15.3 Å². The summed E-state index contributed by atoms with van der Waals surface area (Å²) in [5.41, 5.74) is 1.21. The number of anilines is 1. The summed E-state index contributed by atoms with van der Waals surface area (Å²) in [5, 5.41) is 4.20. The van der Waals surface area contributed by atoms with Crippen LogP contribution >= 0.6 is 11.3 Å². The molecule has 6 heteroatoms. The van der Waals surface area contributed by atoms with E-state index in [1.54, 1.807) is 11.3 Å². The Kier molecular flexibility index (Phi) is 6.09. The van der Waals surface area contributed by atoms with Gasteiger partial charge in [0.25, 0.3) is 0 Å². The van der Waals surface area contributed by atoms with Crippen molar-refractivity contribution in [1.29, 1.82) is 0 Å². The Labute approximate surface area is 176 Å². The van der Waals surface area contributed by atoms with Crippen LogP contribution in [0.5, 0.6) is 0 Å². The van der Waals surface area contributed by atoms with Gasteiger partial charge in [-0.25, -0.2) is 9.97 Å². The summed E-state index contributed by atoms with van der Waals surface area (Å²) < 4.78 is 0. The molecule has 0 saturated carbocycles. The number of unbranched alkanes of at least 4 members (excludes halogenated alkanes) is 1. The van der Waals surface area contributed by atoms with Crippen molar-refractivity contribution in [2.45, 2.75) is 39.5 Å². The molecular weight excluding hydrogens is 380 g/mol. The SMILES string of the molecule is CCCCNC(=O)C1CCN(c2nc(C)nc3sc(-c4ccccc4)cc23)CC1. The van der Waals surface area contributed by atoms with E-state index < -0.39 is 0 Å². The minimum atomic E-state index is 0.115. The van der Waals surface area contributed by atoms with Crippen molar-refractivity contribution in [3.8, 4) is 10.4 Å². The van der Waals surface area contributed by atoms with Gasteiger partial charge in [0.2, 0.25) is 5.91 Å². The summed E-state index contributed by atoms with van der Waals surface area (Å²) in [4.78, 5) is 26.4. The van der Waals surface area contributed by atoms with Crippen molar-refractivity contribution in [3.63, 3.8) is 0 Å². The highest BCUT2D eigenvalue weighted by Gasteiger charge is 2.27. The molecule has 1 amide bonds. The van der Waals surface area contributed by atoms with Crippen LogP contribution in [0.1, 0.15) is 38.4 Å². The molecule has 1 aromatic carbocycles. The molecule has 1 N–H and O–H groups in total. The second-order valence-corrected chi connectivity index (χ2v) is 8.73. The molecule has 0 bridgehead atoms. The lowest BCUT2D eigenvalue weighted by Crippen LogP contribution is -2.41. The number of piperidine rings is 1. The number of nitrogens with one attached hydrogen (secondary N) is 1. The van der Waals surface area contributed by atoms with Gasteiger partial charge in [0.1, 0.15) is 16.5 Å². The van der Waals surface area contributed by atoms with Crippen LogP contribution in [0, 0.1) is 12.8 Å². The third-order valence-corrected chi connectivity index (χ3v) is 6.62. The van der Waals surface area contributed by atoms with Crippen LogP contribution in [0.2, 0.25) is 0 Å². The monoisotopic (exact) mass is 408 g/mol. The number of amides is 1. The normalized spacial score (nSPS) is 15.0. The zero-order chi connectivity index (χ0) is 20.2. The molecule has 0 unspecified atom stereocenters. The predicted octanol–water partition coefficient (Wildman–Crippen LogP) is 4.80. The number of rotatable bonds is 6. The molecule has 29 heavy (non-hydrogen) atoms. The second kappa shape index (κ2) is 8.91. The maximum atomic E-state index is 12.4. The van der Waals surface area contributed by atoms with Crippen LogP contribution in [0.15, 0.2) is 36.4 Å². The Hall–Kier alpha value is -2.47. The van der Waals surface area contributed by atoms with Crippen LogP contribution in [-0.2, 0) is 4.79 Å². The van der Waals surface area contributed by atoms with Crippen LogP contribution in [0.3, 0.4) is 0 Å². The smallest absolute Gasteiger partial charge is 0.223 e. The van der Waals surface area contributed by atoms with Crippen molar-refractivity contribution in [2.24, 2.45) is 5.92 Å². The minimum Gasteiger partial charge on any atom is -0.356 e. The van der Waals surface area contributed by atoms with E-state index in [0.29, 0.717) is 0 Å². The maximum Gasteiger partial charge on any atom is 0.223 e. The lowest BCUT2D eigenvalue weighted by atomic mass is 9.95. The van der Waals surface area contributed by atoms with Gasteiger partial charge in [-0.3, -0.25) is 4.79 Å². The van der Waals surface area contributed by atoms with Gasteiger partial charge in [0.05, 0.1) is 5.39 Å². The Balaban J connectivity index is 1.52. The molecule has 3 aromatic rings. The van der Waals surface area contributed by atoms with E-state index >= 15 is 0 Å². The Bertz CT molecular complexity index is 977. The number of carbonyl (C=O) groups excluding carboxylic acids is 1. The van der Waals surface area contributed by atoms with Crippen LogP contribution in [0.4, 0.5) is 5.82 Å². The van der Waals surface area contributed by atoms with Crippen molar-refractivity contribution in [2.75, 3.05) is 24.5 Å². The number of hydrogen-bond acceptors (Lipinski definition) is 5. The van der Waals surface area contributed by atoms with E-state index in [2.05, 4.69) is 52.5 Å². The van der Waals surface area contributed by atoms with Crippen LogP contribution in [-0.4, -0.2) is 35.5 Å². The third kappa shape index (κ3) is 4.42. The van der Waals surface area contributed by atoms with Gasteiger partial charge in [-0.15, -0.1) is 11.3 Å². The largest absolute Gasteiger partial charge is 0.356 e. The Morgan fingerprint density at radius 1 is 1.21 bits per heavy atom. The topological polar surface area (TPSA) is 58.1 Å². The minimum absolute atomic E-state index is 0.115. The van der Waals surface area contributed by atoms with Gasteiger partial charge < -0.3 is 10.2 Å². The second-order valence-electron chi connectivity index (χ2n) is 7.70. The zero-order valence-electron chi connectivity index (χ0n) is 17.1. The number of carbonyl (C=O) groups is 1. The first kappa shape index (κ1) is 19.8. The number of thiophene rings is 1. The quantitative estimate of drug-likeness (QED) is 0.595. The zero-order valence-corrected chi connectivity index (χ0v) is 18.0. The van der Waals surface area contributed by atoms with Crippen LogP contribution in [0.25, 0.3) is 20.7 Å². The molecule has 1 aliphatic heterocycles. The molecule has 0 atom stereocenters. The number of aromatic nitrogens is 2. The fourth-order valence-corrected chi connectivity index (χ4v) is 4.96. The van der Waals surface area contributed by atoms with E-state index in [9.17, 15) is 4.79 Å². The number of fused-ring (bicyclic) bond motifs is 1. The number of aryl methyl sites for hydroxylation is 1. The third-order valence-electron chi connectivity index (χ3n) is 5.54. The number of nitrogens with zero attached hydrogens (tertiary/aromatic N) is 3. The molecule has 3 heterocycles. The molecule has 152 valence electrons. The molecule has 1 aliphatic rings. The fraction of sp³-hybridized carbons (Fsp3) is 0.435. The highest BCUT2D eigenvalue weighted by atomic mass is 32.1. The molecule has 0 spiro atoms. The fourth-order valence-electron chi connectivity index (χ4n) is 3.88. The maximum absolute atomic E-state index is 12.4. The van der Waals surface area contributed by atoms with Crippen LogP contribution < -0.4 is 10.2 Å². The molecule has 0 aliphatic carbocycles. The Morgan fingerprint density at radius 3 is 2.69 bits per heavy atom. The molecule has 4 rings (SSSR count). The molecule has 5 nitrogen and oxygen atoms in total. The first-order valence-corrected chi connectivity index (χ1v) is 11.3. The van der Waals surface area contributed by atoms with E-state index in [-0.39, 0.29) is 11.8 Å². The van der Waals surface area contributed by atoms with E-state index in [0.717, 1.165) is 67.2 Å². The Morgan fingerprint density at radius 2 is 1.97 bits per heavy atom. The summed E-state index contributed by atoms with van der Waals surface area (Å²) in [6.07, 6.45) is 3.90. The average Bonchev–Trinajstić information content (AvgIpc) is 3.18. The van der Waals surface area contributed by atoms with Crippen molar-refractivity contribution in [3.05, 3.63) is 42.2 Å². The lowest BCUT2D eigenvalue weighted by Gasteiger charge is -2.32. The standard InChI is InChI=1S/C23H28N4OS/c1-3-4-12-24-22(28)18-10-13-27(14-11-18)21-19-15-20(17-8-6-5-7-9-17)29-23(19)26-16(2)25-21/h5-9,15,18H,3-4,10-14H2,1-2H3,(H,24,28). The summed E-state index contributed by atoms with van der Waals surface area (Å²) in [6.45, 7) is 6.60. The predicted molar refractivity (Wildman–Crippen MR) is 120 cm³/mol. The van der Waals surface area contributed by atoms with Gasteiger partial charge in [-0.2, -0.15) is 0 Å². The first-order chi connectivity index (χ1) is 14.2. The average molecular weight is 409 g/mol. The number of hydrogen-bond donors (Lipinski definition) is 1. The van der Waals surface area contributed by atoms with E-state index in [1.165, 1.54) is 10.4 Å². The summed E-state index contributed by atoms with van der Waals surface area (Å²) in [7, 11) is 0. The lowest BCUT2D eigenvalue weighted by molar-refractivity contribution is -0.125. The van der Waals surface area contributed by atoms with E-state index in [4.69, 9.17) is 4.98 Å². The van der Waals surface area contributed by atoms with E-state index in [1.807, 2.05) is 13.0 Å². The van der Waals surface area contributed by atoms with Gasteiger partial charge in [0, 0.05) is 30.4 Å². The summed E-state index contributed by atoms with van der Waals surface area (Å²) in [6, 6.07) is 12.6. The van der Waals surface area contributed by atoms with Gasteiger partial charge in [-0.1, -0.05) is 43.7 Å². The molecule has 0 radical (unpaired) electrons. The highest BCUT2D eigenvalue weighted by molar-refractivity contribution is 7.21. The van der Waals surface area contributed by atoms with Gasteiger partial charge >= 0.3 is 0 Å². The number of benzene rings is 1. The van der Waals surface area contributed by atoms with Crippen molar-refractivity contribution >= 4 is 33.3 Å². The molecular formula is C23H28N4OS. The van der Waals surface area contributed by atoms with Gasteiger partial charge in [-0.05, 0) is 37.8 Å². The molecule has 1 saturated heterocycles. The van der Waals surface area contributed by atoms with Gasteiger partial charge in [0.15, 0.2) is 0 Å². The summed E-state index contributed by atoms with van der Waals surface area (Å²) >= 11 is 1.72. The molecule has 2 aromatic heterocycles. The summed E-state index contributed by atoms with van der Waals surface area (Å²) in [5.74, 6) is 2.14. The highest BCUT2D eigenvalue weighted by Crippen LogP contribution is 2.37.